The van der Waals surface area contributed by atoms with Crippen LogP contribution in [0.3, 0.4) is 0 Å². The molecule has 3 aromatic rings. The predicted octanol–water partition coefficient (Wildman–Crippen LogP) is 3.73. The number of fused-ring (bicyclic) bond motifs is 1. The minimum atomic E-state index is -0.144. The molecule has 1 amide bonds. The van der Waals surface area contributed by atoms with Gasteiger partial charge in [0.1, 0.15) is 5.75 Å². The number of hydrogen-bond acceptors (Lipinski definition) is 4. The number of carbonyl (C=O) groups is 2. The number of Topliss-reactive ketones (excluding diaryl/α,β-unsaturated/α-hetero) is 1. The molecule has 0 saturated carbocycles. The number of pyridine rings is 1. The van der Waals surface area contributed by atoms with E-state index in [1.54, 1.807) is 23.1 Å². The maximum atomic E-state index is 12.8. The van der Waals surface area contributed by atoms with E-state index in [2.05, 4.69) is 4.98 Å². The lowest BCUT2D eigenvalue weighted by molar-refractivity contribution is -0.121. The van der Waals surface area contributed by atoms with E-state index in [4.69, 9.17) is 4.74 Å². The van der Waals surface area contributed by atoms with Gasteiger partial charge in [-0.3, -0.25) is 14.4 Å². The molecule has 1 aromatic heterocycles. The van der Waals surface area contributed by atoms with Crippen LogP contribution in [0.5, 0.6) is 5.75 Å². The van der Waals surface area contributed by atoms with Crippen LogP contribution in [0.15, 0.2) is 59.4 Å². The van der Waals surface area contributed by atoms with Crippen molar-refractivity contribution in [2.75, 3.05) is 11.5 Å². The molecule has 1 aliphatic rings. The summed E-state index contributed by atoms with van der Waals surface area (Å²) in [6, 6.07) is 16.8. The van der Waals surface area contributed by atoms with Crippen LogP contribution >= 0.6 is 0 Å². The fourth-order valence-electron chi connectivity index (χ4n) is 3.89. The highest BCUT2D eigenvalue weighted by Gasteiger charge is 2.26. The van der Waals surface area contributed by atoms with Crippen LogP contribution < -0.4 is 15.2 Å². The summed E-state index contributed by atoms with van der Waals surface area (Å²) in [4.78, 5) is 41.9. The van der Waals surface area contributed by atoms with E-state index >= 15 is 0 Å². The maximum Gasteiger partial charge on any atom is 0.265 e. The maximum absolute atomic E-state index is 12.8. The number of anilines is 1. The SMILES string of the molecule is Cc1cc(C)c(CCC(=O)c2ccc3c(c2)OCC(=O)N3Cc2ccccc2)c(=O)[nH]1. The first-order valence-electron chi connectivity index (χ1n) is 10.3. The molecule has 31 heavy (non-hydrogen) atoms. The van der Waals surface area contributed by atoms with Crippen LogP contribution in [-0.2, 0) is 17.8 Å². The van der Waals surface area contributed by atoms with E-state index in [1.807, 2.05) is 50.2 Å². The number of hydrogen-bond donors (Lipinski definition) is 1. The number of ketones is 1. The molecule has 2 aromatic carbocycles. The molecule has 1 N–H and O–H groups in total. The number of aromatic nitrogens is 1. The Balaban J connectivity index is 1.52. The first-order valence-corrected chi connectivity index (χ1v) is 10.3. The lowest BCUT2D eigenvalue weighted by Gasteiger charge is -2.29. The number of nitrogens with one attached hydrogen (secondary N) is 1. The van der Waals surface area contributed by atoms with Gasteiger partial charge in [-0.1, -0.05) is 30.3 Å². The highest BCUT2D eigenvalue weighted by Crippen LogP contribution is 2.34. The van der Waals surface area contributed by atoms with E-state index in [0.29, 0.717) is 35.5 Å². The molecule has 6 heteroatoms. The Bertz CT molecular complexity index is 1200. The third-order valence-corrected chi connectivity index (χ3v) is 5.50. The van der Waals surface area contributed by atoms with Crippen LogP contribution in [0.4, 0.5) is 5.69 Å². The van der Waals surface area contributed by atoms with Gasteiger partial charge in [-0.25, -0.2) is 0 Å². The van der Waals surface area contributed by atoms with Gasteiger partial charge in [-0.15, -0.1) is 0 Å². The largest absolute Gasteiger partial charge is 0.482 e. The molecule has 0 unspecified atom stereocenters. The Morgan fingerprint density at radius 2 is 1.84 bits per heavy atom. The molecule has 0 spiro atoms. The Kier molecular flexibility index (Phi) is 5.71. The Labute approximate surface area is 180 Å². The summed E-state index contributed by atoms with van der Waals surface area (Å²) in [6.07, 6.45) is 0.593. The van der Waals surface area contributed by atoms with Gasteiger partial charge < -0.3 is 14.6 Å². The van der Waals surface area contributed by atoms with Crippen molar-refractivity contribution in [3.05, 3.63) is 92.9 Å². The second-order valence-electron chi connectivity index (χ2n) is 7.80. The number of benzene rings is 2. The lowest BCUT2D eigenvalue weighted by atomic mass is 10.00. The zero-order valence-corrected chi connectivity index (χ0v) is 17.6. The number of carbonyl (C=O) groups excluding carboxylic acids is 2. The fourth-order valence-corrected chi connectivity index (χ4v) is 3.89. The zero-order valence-electron chi connectivity index (χ0n) is 17.6. The van der Waals surface area contributed by atoms with Crippen molar-refractivity contribution in [2.45, 2.75) is 33.2 Å². The smallest absolute Gasteiger partial charge is 0.265 e. The summed E-state index contributed by atoms with van der Waals surface area (Å²) < 4.78 is 5.61. The second-order valence-corrected chi connectivity index (χ2v) is 7.80. The molecule has 0 fully saturated rings. The molecule has 1 aliphatic heterocycles. The highest BCUT2D eigenvalue weighted by molar-refractivity contribution is 6.01. The predicted molar refractivity (Wildman–Crippen MR) is 119 cm³/mol. The van der Waals surface area contributed by atoms with Crippen molar-refractivity contribution < 1.29 is 14.3 Å². The van der Waals surface area contributed by atoms with Crippen LogP contribution in [0.2, 0.25) is 0 Å². The third kappa shape index (κ3) is 4.43. The molecule has 4 rings (SSSR count). The van der Waals surface area contributed by atoms with Gasteiger partial charge in [0.15, 0.2) is 12.4 Å². The van der Waals surface area contributed by atoms with E-state index in [1.165, 1.54) is 0 Å². The summed E-state index contributed by atoms with van der Waals surface area (Å²) in [5.74, 6) is 0.326. The highest BCUT2D eigenvalue weighted by atomic mass is 16.5. The van der Waals surface area contributed by atoms with Crippen LogP contribution in [-0.4, -0.2) is 23.3 Å². The van der Waals surface area contributed by atoms with Gasteiger partial charge in [0.25, 0.3) is 11.5 Å². The van der Waals surface area contributed by atoms with E-state index in [9.17, 15) is 14.4 Å². The molecule has 0 bridgehead atoms. The minimum Gasteiger partial charge on any atom is -0.482 e. The number of rotatable bonds is 6. The van der Waals surface area contributed by atoms with Crippen molar-refractivity contribution in [3.8, 4) is 5.75 Å². The monoisotopic (exact) mass is 416 g/mol. The molecule has 0 saturated heterocycles. The van der Waals surface area contributed by atoms with Gasteiger partial charge in [0.05, 0.1) is 12.2 Å². The standard InChI is InChI=1S/C25H24N2O4/c1-16-12-17(2)26-25(30)20(16)9-11-22(28)19-8-10-21-23(13-19)31-15-24(29)27(21)14-18-6-4-3-5-7-18/h3-8,10,12-13H,9,11,14-15H2,1-2H3,(H,26,30). The van der Waals surface area contributed by atoms with Gasteiger partial charge >= 0.3 is 0 Å². The van der Waals surface area contributed by atoms with E-state index in [-0.39, 0.29) is 30.3 Å². The quantitative estimate of drug-likeness (QED) is 0.621. The number of aryl methyl sites for hydroxylation is 2. The Morgan fingerprint density at radius 3 is 2.58 bits per heavy atom. The fraction of sp³-hybridized carbons (Fsp3) is 0.240. The average Bonchev–Trinajstić information content (AvgIpc) is 2.75. The molecule has 158 valence electrons. The van der Waals surface area contributed by atoms with Gasteiger partial charge in [0, 0.05) is 23.2 Å². The number of amides is 1. The summed E-state index contributed by atoms with van der Waals surface area (Å²) in [7, 11) is 0. The molecular formula is C25H24N2O4. The van der Waals surface area contributed by atoms with Gasteiger partial charge in [0.2, 0.25) is 0 Å². The molecular weight excluding hydrogens is 392 g/mol. The van der Waals surface area contributed by atoms with Gasteiger partial charge in [-0.05, 0) is 55.7 Å². The topological polar surface area (TPSA) is 79.5 Å². The second kappa shape index (κ2) is 8.60. The van der Waals surface area contributed by atoms with Crippen LogP contribution in [0.25, 0.3) is 0 Å². The summed E-state index contributed by atoms with van der Waals surface area (Å²) in [5, 5.41) is 0. The van der Waals surface area contributed by atoms with E-state index < -0.39 is 0 Å². The number of aromatic amines is 1. The normalized spacial score (nSPS) is 13.0. The summed E-state index contributed by atoms with van der Waals surface area (Å²) in [6.45, 7) is 4.10. The third-order valence-electron chi connectivity index (χ3n) is 5.50. The van der Waals surface area contributed by atoms with Crippen molar-refractivity contribution in [2.24, 2.45) is 0 Å². The summed E-state index contributed by atoms with van der Waals surface area (Å²) in [5.41, 5.74) is 4.36. The zero-order chi connectivity index (χ0) is 22.0. The van der Waals surface area contributed by atoms with Crippen molar-refractivity contribution in [1.29, 1.82) is 0 Å². The number of ether oxygens (including phenoxy) is 1. The molecule has 0 radical (unpaired) electrons. The molecule has 0 atom stereocenters. The Hall–Kier alpha value is -3.67. The van der Waals surface area contributed by atoms with Crippen LogP contribution in [0, 0.1) is 13.8 Å². The van der Waals surface area contributed by atoms with Crippen LogP contribution in [0.1, 0.15) is 39.2 Å². The lowest BCUT2D eigenvalue weighted by Crippen LogP contribution is -2.38. The number of nitrogens with zero attached hydrogens (tertiary/aromatic N) is 1. The summed E-state index contributed by atoms with van der Waals surface area (Å²) >= 11 is 0. The van der Waals surface area contributed by atoms with Gasteiger partial charge in [-0.2, -0.15) is 0 Å². The van der Waals surface area contributed by atoms with Crippen molar-refractivity contribution in [3.63, 3.8) is 0 Å². The molecule has 2 heterocycles. The van der Waals surface area contributed by atoms with Crippen molar-refractivity contribution in [1.82, 2.24) is 4.98 Å². The molecule has 6 nitrogen and oxygen atoms in total. The Morgan fingerprint density at radius 1 is 1.06 bits per heavy atom. The molecule has 0 aliphatic carbocycles. The van der Waals surface area contributed by atoms with E-state index in [0.717, 1.165) is 16.8 Å². The van der Waals surface area contributed by atoms with Crippen molar-refractivity contribution >= 4 is 17.4 Å². The first kappa shape index (κ1) is 20.6. The average molecular weight is 416 g/mol. The first-order chi connectivity index (χ1) is 14.9. The minimum absolute atomic E-state index is 0.0601. The number of H-pyrrole nitrogens is 1.